The van der Waals surface area contributed by atoms with E-state index in [1.807, 2.05) is 49.4 Å². The summed E-state index contributed by atoms with van der Waals surface area (Å²) in [7, 11) is 1.62. The fourth-order valence-corrected chi connectivity index (χ4v) is 2.47. The predicted molar refractivity (Wildman–Crippen MR) is 89.2 cm³/mol. The van der Waals surface area contributed by atoms with E-state index in [-0.39, 0.29) is 12.5 Å². The van der Waals surface area contributed by atoms with Gasteiger partial charge in [-0.15, -0.1) is 0 Å². The lowest BCUT2D eigenvalue weighted by molar-refractivity contribution is -0.123. The highest BCUT2D eigenvalue weighted by Crippen LogP contribution is 2.25. The molecule has 5 heteroatoms. The van der Waals surface area contributed by atoms with Crippen molar-refractivity contribution >= 4 is 21.8 Å². The van der Waals surface area contributed by atoms with E-state index >= 15 is 0 Å². The lowest BCUT2D eigenvalue weighted by Crippen LogP contribution is -2.28. The van der Waals surface area contributed by atoms with Gasteiger partial charge in [0, 0.05) is 6.54 Å². The van der Waals surface area contributed by atoms with Gasteiger partial charge in [0.25, 0.3) is 5.91 Å². The first-order chi connectivity index (χ1) is 10.6. The van der Waals surface area contributed by atoms with Crippen molar-refractivity contribution in [2.24, 2.45) is 0 Å². The molecule has 0 aliphatic rings. The molecule has 2 aromatic carbocycles. The molecule has 116 valence electrons. The summed E-state index contributed by atoms with van der Waals surface area (Å²) >= 11 is 3.42. The van der Waals surface area contributed by atoms with Crippen molar-refractivity contribution in [2.75, 3.05) is 13.7 Å². The van der Waals surface area contributed by atoms with E-state index in [2.05, 4.69) is 21.2 Å². The zero-order valence-corrected chi connectivity index (χ0v) is 14.1. The summed E-state index contributed by atoms with van der Waals surface area (Å²) in [6.45, 7) is 2.44. The van der Waals surface area contributed by atoms with E-state index in [1.54, 1.807) is 7.11 Å². The van der Waals surface area contributed by atoms with E-state index < -0.39 is 0 Å². The van der Waals surface area contributed by atoms with Crippen molar-refractivity contribution in [1.29, 1.82) is 0 Å². The van der Waals surface area contributed by atoms with Crippen molar-refractivity contribution in [3.8, 4) is 11.5 Å². The van der Waals surface area contributed by atoms with Gasteiger partial charge in [-0.25, -0.2) is 0 Å². The highest BCUT2D eigenvalue weighted by molar-refractivity contribution is 9.10. The summed E-state index contributed by atoms with van der Waals surface area (Å²) in [5.74, 6) is 1.29. The zero-order chi connectivity index (χ0) is 15.9. The zero-order valence-electron chi connectivity index (χ0n) is 12.6. The summed E-state index contributed by atoms with van der Waals surface area (Å²) in [5, 5.41) is 2.82. The number of rotatable bonds is 6. The number of nitrogens with one attached hydrogen (secondary N) is 1. The highest BCUT2D eigenvalue weighted by Gasteiger charge is 2.06. The van der Waals surface area contributed by atoms with Crippen molar-refractivity contribution in [2.45, 2.75) is 13.5 Å². The van der Waals surface area contributed by atoms with Crippen LogP contribution in [0.3, 0.4) is 0 Å². The molecule has 0 radical (unpaired) electrons. The molecule has 0 aliphatic carbocycles. The Morgan fingerprint density at radius 3 is 2.55 bits per heavy atom. The molecular formula is C17H18BrNO3. The van der Waals surface area contributed by atoms with E-state index in [4.69, 9.17) is 9.47 Å². The van der Waals surface area contributed by atoms with Gasteiger partial charge in [-0.2, -0.15) is 0 Å². The number of carbonyl (C=O) groups is 1. The van der Waals surface area contributed by atoms with Crippen LogP contribution in [0.2, 0.25) is 0 Å². The molecular weight excluding hydrogens is 346 g/mol. The van der Waals surface area contributed by atoms with Crippen LogP contribution in [0, 0.1) is 6.92 Å². The minimum atomic E-state index is -0.164. The van der Waals surface area contributed by atoms with E-state index in [9.17, 15) is 4.79 Å². The topological polar surface area (TPSA) is 47.6 Å². The fraction of sp³-hybridized carbons (Fsp3) is 0.235. The Morgan fingerprint density at radius 1 is 1.18 bits per heavy atom. The monoisotopic (exact) mass is 363 g/mol. The number of benzene rings is 2. The molecule has 0 bridgehead atoms. The maximum Gasteiger partial charge on any atom is 0.258 e. The number of hydrogen-bond acceptors (Lipinski definition) is 3. The molecule has 22 heavy (non-hydrogen) atoms. The normalized spacial score (nSPS) is 10.1. The van der Waals surface area contributed by atoms with Gasteiger partial charge in [0.2, 0.25) is 0 Å². The Hall–Kier alpha value is -2.01. The lowest BCUT2D eigenvalue weighted by Gasteiger charge is -2.09. The lowest BCUT2D eigenvalue weighted by atomic mass is 10.2. The molecule has 1 amide bonds. The van der Waals surface area contributed by atoms with Crippen LogP contribution in [0.5, 0.6) is 11.5 Å². The Kier molecular flexibility index (Phi) is 5.83. The van der Waals surface area contributed by atoms with Crippen LogP contribution < -0.4 is 14.8 Å². The van der Waals surface area contributed by atoms with Gasteiger partial charge in [-0.05, 0) is 58.2 Å². The molecule has 0 spiro atoms. The Labute approximate surface area is 138 Å². The molecule has 2 rings (SSSR count). The summed E-state index contributed by atoms with van der Waals surface area (Å²) in [6, 6.07) is 13.3. The number of methoxy groups -OCH3 is 1. The first kappa shape index (κ1) is 16.4. The molecule has 0 aliphatic heterocycles. The largest absolute Gasteiger partial charge is 0.497 e. The minimum Gasteiger partial charge on any atom is -0.497 e. The summed E-state index contributed by atoms with van der Waals surface area (Å²) in [4.78, 5) is 11.8. The Balaban J connectivity index is 1.80. The molecule has 0 saturated carbocycles. The van der Waals surface area contributed by atoms with E-state index in [0.717, 1.165) is 21.3 Å². The second kappa shape index (κ2) is 7.84. The van der Waals surface area contributed by atoms with Crippen LogP contribution in [-0.2, 0) is 11.3 Å². The third-order valence-corrected chi connectivity index (χ3v) is 3.71. The number of aryl methyl sites for hydroxylation is 1. The quantitative estimate of drug-likeness (QED) is 0.854. The van der Waals surface area contributed by atoms with Crippen LogP contribution in [-0.4, -0.2) is 19.6 Å². The first-order valence-corrected chi connectivity index (χ1v) is 7.66. The molecule has 0 unspecified atom stereocenters. The standard InChI is InChI=1S/C17H18BrNO3/c1-12-3-8-16(15(18)9-12)22-11-17(20)19-10-13-4-6-14(21-2)7-5-13/h3-9H,10-11H2,1-2H3,(H,19,20). The summed E-state index contributed by atoms with van der Waals surface area (Å²) in [5.41, 5.74) is 2.13. The van der Waals surface area contributed by atoms with Gasteiger partial charge in [0.1, 0.15) is 11.5 Å². The molecule has 0 heterocycles. The summed E-state index contributed by atoms with van der Waals surface area (Å²) < 4.78 is 11.4. The third kappa shape index (κ3) is 4.77. The number of halogens is 1. The maximum absolute atomic E-state index is 11.8. The van der Waals surface area contributed by atoms with Crippen LogP contribution >= 0.6 is 15.9 Å². The van der Waals surface area contributed by atoms with Gasteiger partial charge in [-0.3, -0.25) is 4.79 Å². The minimum absolute atomic E-state index is 0.0161. The van der Waals surface area contributed by atoms with Gasteiger partial charge >= 0.3 is 0 Å². The second-order valence-corrected chi connectivity index (χ2v) is 5.70. The van der Waals surface area contributed by atoms with Gasteiger partial charge in [-0.1, -0.05) is 18.2 Å². The smallest absolute Gasteiger partial charge is 0.258 e. The van der Waals surface area contributed by atoms with Crippen molar-refractivity contribution < 1.29 is 14.3 Å². The second-order valence-electron chi connectivity index (χ2n) is 4.85. The molecule has 0 fully saturated rings. The van der Waals surface area contributed by atoms with Crippen LogP contribution in [0.25, 0.3) is 0 Å². The average molecular weight is 364 g/mol. The highest BCUT2D eigenvalue weighted by atomic mass is 79.9. The Bertz CT molecular complexity index is 641. The van der Waals surface area contributed by atoms with E-state index in [0.29, 0.717) is 12.3 Å². The van der Waals surface area contributed by atoms with Crippen molar-refractivity contribution in [1.82, 2.24) is 5.32 Å². The van der Waals surface area contributed by atoms with Gasteiger partial charge in [0.15, 0.2) is 6.61 Å². The first-order valence-electron chi connectivity index (χ1n) is 6.87. The van der Waals surface area contributed by atoms with Gasteiger partial charge in [0.05, 0.1) is 11.6 Å². The van der Waals surface area contributed by atoms with Crippen molar-refractivity contribution in [3.63, 3.8) is 0 Å². The number of amides is 1. The van der Waals surface area contributed by atoms with Crippen LogP contribution in [0.15, 0.2) is 46.9 Å². The maximum atomic E-state index is 11.8. The summed E-state index contributed by atoms with van der Waals surface area (Å²) in [6.07, 6.45) is 0. The van der Waals surface area contributed by atoms with Crippen LogP contribution in [0.4, 0.5) is 0 Å². The molecule has 1 N–H and O–H groups in total. The third-order valence-electron chi connectivity index (χ3n) is 3.09. The molecule has 2 aromatic rings. The number of hydrogen-bond donors (Lipinski definition) is 1. The number of ether oxygens (including phenoxy) is 2. The van der Waals surface area contributed by atoms with Crippen LogP contribution in [0.1, 0.15) is 11.1 Å². The number of carbonyl (C=O) groups excluding carboxylic acids is 1. The average Bonchev–Trinajstić information content (AvgIpc) is 2.52. The SMILES string of the molecule is COc1ccc(CNC(=O)COc2ccc(C)cc2Br)cc1. The fourth-order valence-electron chi connectivity index (χ4n) is 1.86. The molecule has 0 atom stereocenters. The molecule has 4 nitrogen and oxygen atoms in total. The molecule has 0 aromatic heterocycles. The predicted octanol–water partition coefficient (Wildman–Crippen LogP) is 3.46. The van der Waals surface area contributed by atoms with Gasteiger partial charge < -0.3 is 14.8 Å². The van der Waals surface area contributed by atoms with E-state index in [1.165, 1.54) is 0 Å². The Morgan fingerprint density at radius 2 is 1.91 bits per heavy atom. The van der Waals surface area contributed by atoms with Crippen molar-refractivity contribution in [3.05, 3.63) is 58.1 Å². The molecule has 0 saturated heterocycles.